The minimum Gasteiger partial charge on any atom is -0.779 e. The van der Waals surface area contributed by atoms with Crippen LogP contribution in [0.5, 0.6) is 0 Å². The molecule has 1 aliphatic heterocycles. The van der Waals surface area contributed by atoms with E-state index in [0.29, 0.717) is 12.2 Å². The van der Waals surface area contributed by atoms with E-state index < -0.39 is 32.1 Å². The fourth-order valence-electron chi connectivity index (χ4n) is 3.36. The lowest BCUT2D eigenvalue weighted by molar-refractivity contribution is -0.205. The summed E-state index contributed by atoms with van der Waals surface area (Å²) in [5.41, 5.74) is 0.270. The number of ether oxygens (including phenoxy) is 3. The molecule has 2 aromatic rings. The highest BCUT2D eigenvalue weighted by Crippen LogP contribution is 2.42. The van der Waals surface area contributed by atoms with Gasteiger partial charge in [0, 0.05) is 27.4 Å². The van der Waals surface area contributed by atoms with Gasteiger partial charge in [-0.25, -0.2) is 9.97 Å². The lowest BCUT2D eigenvalue weighted by Crippen LogP contribution is -2.38. The summed E-state index contributed by atoms with van der Waals surface area (Å²) in [5, 5.41) is 0. The second kappa shape index (κ2) is 8.40. The van der Waals surface area contributed by atoms with Crippen molar-refractivity contribution in [2.45, 2.75) is 44.4 Å². The van der Waals surface area contributed by atoms with Crippen molar-refractivity contribution in [3.05, 3.63) is 23.0 Å². The average Bonchev–Trinajstić information content (AvgIpc) is 3.18. The molecule has 0 N–H and O–H groups in total. The molecule has 3 rings (SSSR count). The van der Waals surface area contributed by atoms with E-state index >= 15 is 0 Å². The van der Waals surface area contributed by atoms with Gasteiger partial charge in [0.25, 0.3) is 5.56 Å². The summed E-state index contributed by atoms with van der Waals surface area (Å²) >= 11 is 0. The fourth-order valence-corrected chi connectivity index (χ4v) is 4.06. The minimum absolute atomic E-state index is 0.102. The Morgan fingerprint density at radius 3 is 2.64 bits per heavy atom. The van der Waals surface area contributed by atoms with Gasteiger partial charge in [0.2, 0.25) is 0 Å². The van der Waals surface area contributed by atoms with Crippen LogP contribution in [0.2, 0.25) is 0 Å². The van der Waals surface area contributed by atoms with E-state index in [4.69, 9.17) is 18.7 Å². The normalized spacial score (nSPS) is 27.3. The van der Waals surface area contributed by atoms with Gasteiger partial charge >= 0.3 is 0 Å². The van der Waals surface area contributed by atoms with E-state index in [1.165, 1.54) is 31.4 Å². The summed E-state index contributed by atoms with van der Waals surface area (Å²) in [4.78, 5) is 32.8. The van der Waals surface area contributed by atoms with Gasteiger partial charge in [-0.3, -0.25) is 13.9 Å². The molecule has 156 valence electrons. The van der Waals surface area contributed by atoms with E-state index in [0.717, 1.165) is 13.1 Å². The van der Waals surface area contributed by atoms with Crippen molar-refractivity contribution in [3.63, 3.8) is 0 Å². The molecule has 2 aromatic heterocycles. The first-order valence-corrected chi connectivity index (χ1v) is 10.9. The van der Waals surface area contributed by atoms with E-state index in [2.05, 4.69) is 9.97 Å². The van der Waals surface area contributed by atoms with Gasteiger partial charge in [-0.2, -0.15) is 0 Å². The molecule has 0 saturated carbocycles. The Morgan fingerprint density at radius 2 is 2.04 bits per heavy atom. The second-order valence-electron chi connectivity index (χ2n) is 6.63. The molecule has 5 atom stereocenters. The van der Waals surface area contributed by atoms with Crippen molar-refractivity contribution in [2.75, 3.05) is 27.5 Å². The number of nitrogens with zero attached hydrogens (tertiary/aromatic N) is 4. The highest BCUT2D eigenvalue weighted by atomic mass is 31.2. The Hall–Kier alpha value is -1.62. The maximum absolute atomic E-state index is 12.6. The second-order valence-corrected chi connectivity index (χ2v) is 8.38. The molecular weight excluding hydrogens is 391 g/mol. The number of aromatic nitrogens is 4. The predicted molar refractivity (Wildman–Crippen MR) is 97.1 cm³/mol. The summed E-state index contributed by atoms with van der Waals surface area (Å²) in [6, 6.07) is 0. The van der Waals surface area contributed by atoms with Crippen LogP contribution in [0.1, 0.15) is 19.6 Å². The van der Waals surface area contributed by atoms with Crippen LogP contribution in [0, 0.1) is 0 Å². The first kappa shape index (κ1) is 21.1. The van der Waals surface area contributed by atoms with E-state index in [9.17, 15) is 14.3 Å². The fraction of sp³-hybridized carbons (Fsp3) is 0.688. The van der Waals surface area contributed by atoms with Crippen LogP contribution < -0.4 is 10.5 Å². The summed E-state index contributed by atoms with van der Waals surface area (Å²) in [5.74, 6) is 0. The Morgan fingerprint density at radius 1 is 1.29 bits per heavy atom. The number of hydrogen-bond acceptors (Lipinski definition) is 9. The molecule has 2 unspecified atom stereocenters. The molecule has 1 fully saturated rings. The molecule has 0 aliphatic carbocycles. The van der Waals surface area contributed by atoms with Gasteiger partial charge in [-0.05, 0) is 6.42 Å². The van der Waals surface area contributed by atoms with Crippen LogP contribution in [0.15, 0.2) is 17.4 Å². The van der Waals surface area contributed by atoms with Crippen molar-refractivity contribution >= 4 is 18.8 Å². The molecule has 0 aromatic carbocycles. The predicted octanol–water partition coefficient (Wildman–Crippen LogP) is 0.130. The molecule has 12 heteroatoms. The highest BCUT2D eigenvalue weighted by molar-refractivity contribution is 7.50. The van der Waals surface area contributed by atoms with Gasteiger partial charge < -0.3 is 28.2 Å². The van der Waals surface area contributed by atoms with Crippen molar-refractivity contribution < 1.29 is 28.2 Å². The largest absolute Gasteiger partial charge is 0.779 e. The molecule has 0 bridgehead atoms. The van der Waals surface area contributed by atoms with Gasteiger partial charge in [0.05, 0.1) is 12.9 Å². The molecule has 1 aliphatic rings. The third-order valence-corrected chi connectivity index (χ3v) is 5.12. The van der Waals surface area contributed by atoms with Crippen molar-refractivity contribution in [2.24, 2.45) is 0 Å². The molecular formula is C16H24N4O7P-. The maximum atomic E-state index is 12.6. The zero-order chi connectivity index (χ0) is 20.5. The number of hydrogen-bond donors (Lipinski definition) is 0. The average molecular weight is 415 g/mol. The third kappa shape index (κ3) is 4.05. The summed E-state index contributed by atoms with van der Waals surface area (Å²) in [7, 11) is -1.16. The smallest absolute Gasteiger partial charge is 0.281 e. The van der Waals surface area contributed by atoms with Crippen LogP contribution in [0.25, 0.3) is 11.2 Å². The third-order valence-electron chi connectivity index (χ3n) is 4.49. The zero-order valence-electron chi connectivity index (χ0n) is 16.2. The van der Waals surface area contributed by atoms with Gasteiger partial charge in [-0.1, -0.05) is 6.92 Å². The van der Waals surface area contributed by atoms with Crippen LogP contribution >= 0.6 is 7.60 Å². The Balaban J connectivity index is 2.01. The Kier molecular flexibility index (Phi) is 6.33. The van der Waals surface area contributed by atoms with Gasteiger partial charge in [-0.15, -0.1) is 0 Å². The first-order chi connectivity index (χ1) is 13.3. The van der Waals surface area contributed by atoms with Crippen LogP contribution in [-0.2, 0) is 29.8 Å². The van der Waals surface area contributed by atoms with Crippen LogP contribution in [0.4, 0.5) is 0 Å². The zero-order valence-corrected chi connectivity index (χ0v) is 17.1. The van der Waals surface area contributed by atoms with Gasteiger partial charge in [0.15, 0.2) is 17.4 Å². The molecule has 0 amide bonds. The van der Waals surface area contributed by atoms with Gasteiger partial charge in [0.1, 0.15) is 32.2 Å². The summed E-state index contributed by atoms with van der Waals surface area (Å²) in [6.07, 6.45) is 0.499. The molecule has 1 saturated heterocycles. The van der Waals surface area contributed by atoms with E-state index in [-0.39, 0.29) is 17.7 Å². The number of methoxy groups -OCH3 is 2. The van der Waals surface area contributed by atoms with E-state index in [1.54, 1.807) is 4.57 Å². The van der Waals surface area contributed by atoms with Crippen LogP contribution in [0.3, 0.4) is 0 Å². The van der Waals surface area contributed by atoms with Crippen molar-refractivity contribution in [3.8, 4) is 0 Å². The van der Waals surface area contributed by atoms with Crippen molar-refractivity contribution in [1.82, 2.24) is 19.1 Å². The first-order valence-electron chi connectivity index (χ1n) is 8.86. The molecule has 28 heavy (non-hydrogen) atoms. The van der Waals surface area contributed by atoms with Crippen LogP contribution in [-0.4, -0.2) is 64.9 Å². The Labute approximate surface area is 161 Å². The number of aryl methyl sites for hydroxylation is 1. The molecule has 11 nitrogen and oxygen atoms in total. The molecule has 0 spiro atoms. The standard InChI is InChI=1S/C16H25N4O7P/c1-5-6-19-8-18-14-11(15(19)21)17-9-20(14)16-13(25-3)12(27-28(4,22)23)10(26-16)7-24-2/h8-10,12-13,16H,5-7H2,1-4H3,(H,22,23)/p-1/t10-,12+,13?,16-/m1/s1. The monoisotopic (exact) mass is 415 g/mol. The van der Waals surface area contributed by atoms with E-state index in [1.807, 2.05) is 6.92 Å². The number of fused-ring (bicyclic) bond motifs is 1. The summed E-state index contributed by atoms with van der Waals surface area (Å²) in [6.45, 7) is 3.59. The molecule has 0 radical (unpaired) electrons. The quantitative estimate of drug-likeness (QED) is 0.552. The summed E-state index contributed by atoms with van der Waals surface area (Å²) < 4.78 is 36.6. The topological polar surface area (TPSA) is 130 Å². The maximum Gasteiger partial charge on any atom is 0.281 e. The van der Waals surface area contributed by atoms with Crippen molar-refractivity contribution in [1.29, 1.82) is 0 Å². The lowest BCUT2D eigenvalue weighted by atomic mass is 10.1. The SMILES string of the molecule is CCCn1cnc2c(ncn2[C@@H]2O[C@H](COC)[C@H](OP(C)(=O)[O-])C2OC)c1=O. The number of imidazole rings is 1. The Bertz CT molecular complexity index is 923. The molecule has 3 heterocycles. The lowest BCUT2D eigenvalue weighted by Gasteiger charge is -2.28. The highest BCUT2D eigenvalue weighted by Gasteiger charge is 2.48. The number of rotatable bonds is 8. The minimum atomic E-state index is -4.06.